The van der Waals surface area contributed by atoms with E-state index in [0.29, 0.717) is 26.1 Å². The lowest BCUT2D eigenvalue weighted by atomic mass is 9.86. The Hall–Kier alpha value is -1.86. The van der Waals surface area contributed by atoms with E-state index in [2.05, 4.69) is 10.8 Å². The van der Waals surface area contributed by atoms with Gasteiger partial charge in [-0.15, -0.1) is 0 Å². The second kappa shape index (κ2) is 7.81. The molecule has 1 saturated heterocycles. The number of nitrogens with one attached hydrogen (secondary N) is 2. The fourth-order valence-corrected chi connectivity index (χ4v) is 3.32. The first-order valence-corrected chi connectivity index (χ1v) is 8.60. The molecular weight excluding hydrogens is 310 g/mol. The van der Waals surface area contributed by atoms with Crippen molar-refractivity contribution in [3.8, 4) is 0 Å². The number of rotatable bonds is 3. The van der Waals surface area contributed by atoms with Crippen molar-refractivity contribution in [2.75, 3.05) is 26.7 Å². The van der Waals surface area contributed by atoms with Gasteiger partial charge < -0.3 is 15.0 Å². The average Bonchev–Trinajstić information content (AvgIpc) is 2.65. The molecule has 3 rings (SSSR count). The quantitative estimate of drug-likeness (QED) is 0.766. The lowest BCUT2D eigenvalue weighted by molar-refractivity contribution is -0.201. The molecule has 3 amide bonds. The molecule has 7 heteroatoms. The second-order valence-corrected chi connectivity index (χ2v) is 6.41. The van der Waals surface area contributed by atoms with Crippen LogP contribution in [-0.4, -0.2) is 49.9 Å². The van der Waals surface area contributed by atoms with E-state index in [1.807, 2.05) is 12.2 Å². The van der Waals surface area contributed by atoms with Gasteiger partial charge in [-0.3, -0.25) is 4.79 Å². The van der Waals surface area contributed by atoms with E-state index in [0.717, 1.165) is 31.3 Å². The van der Waals surface area contributed by atoms with E-state index in [1.54, 1.807) is 11.9 Å². The summed E-state index contributed by atoms with van der Waals surface area (Å²) in [7, 11) is 1.63. The van der Waals surface area contributed by atoms with E-state index in [-0.39, 0.29) is 24.1 Å². The SMILES string of the molecule is CNC(=O)N1CCC2=C(CC(C(=O)NOC3CCCCO3)C=C2)C1. The molecule has 1 fully saturated rings. The second-order valence-electron chi connectivity index (χ2n) is 6.41. The van der Waals surface area contributed by atoms with Crippen LogP contribution < -0.4 is 10.8 Å². The molecule has 132 valence electrons. The zero-order valence-electron chi connectivity index (χ0n) is 14.0. The highest BCUT2D eigenvalue weighted by atomic mass is 16.8. The minimum atomic E-state index is -0.344. The number of ether oxygens (including phenoxy) is 1. The molecular formula is C17H25N3O4. The number of nitrogens with zero attached hydrogens (tertiary/aromatic N) is 1. The van der Waals surface area contributed by atoms with Crippen molar-refractivity contribution in [1.82, 2.24) is 15.7 Å². The van der Waals surface area contributed by atoms with Crippen molar-refractivity contribution >= 4 is 11.9 Å². The monoisotopic (exact) mass is 335 g/mol. The lowest BCUT2D eigenvalue weighted by Crippen LogP contribution is -2.43. The van der Waals surface area contributed by atoms with E-state index in [1.165, 1.54) is 5.57 Å². The topological polar surface area (TPSA) is 79.9 Å². The maximum absolute atomic E-state index is 12.3. The van der Waals surface area contributed by atoms with Gasteiger partial charge in [-0.2, -0.15) is 0 Å². The molecule has 0 aromatic rings. The van der Waals surface area contributed by atoms with Gasteiger partial charge in [0.25, 0.3) is 5.91 Å². The van der Waals surface area contributed by atoms with Crippen molar-refractivity contribution in [2.45, 2.75) is 38.4 Å². The molecule has 2 N–H and O–H groups in total. The van der Waals surface area contributed by atoms with Gasteiger partial charge in [0.1, 0.15) is 0 Å². The summed E-state index contributed by atoms with van der Waals surface area (Å²) in [5, 5.41) is 2.65. The molecule has 7 nitrogen and oxygen atoms in total. The van der Waals surface area contributed by atoms with Crippen LogP contribution in [0.25, 0.3) is 0 Å². The van der Waals surface area contributed by atoms with Crippen molar-refractivity contribution in [3.63, 3.8) is 0 Å². The molecule has 2 aliphatic heterocycles. The Morgan fingerprint density at radius 3 is 3.00 bits per heavy atom. The first kappa shape index (κ1) is 17.0. The first-order chi connectivity index (χ1) is 11.7. The zero-order chi connectivity index (χ0) is 16.9. The average molecular weight is 335 g/mol. The van der Waals surface area contributed by atoms with Crippen molar-refractivity contribution in [2.24, 2.45) is 5.92 Å². The number of carbonyl (C=O) groups excluding carboxylic acids is 2. The van der Waals surface area contributed by atoms with Crippen LogP contribution in [0.3, 0.4) is 0 Å². The number of carbonyl (C=O) groups is 2. The number of amides is 3. The van der Waals surface area contributed by atoms with Gasteiger partial charge in [0.2, 0.25) is 0 Å². The number of urea groups is 1. The zero-order valence-corrected chi connectivity index (χ0v) is 14.0. The fourth-order valence-electron chi connectivity index (χ4n) is 3.32. The summed E-state index contributed by atoms with van der Waals surface area (Å²) in [6.07, 6.45) is 7.95. The van der Waals surface area contributed by atoms with Crippen LogP contribution in [0.15, 0.2) is 23.3 Å². The van der Waals surface area contributed by atoms with Gasteiger partial charge in [-0.1, -0.05) is 12.2 Å². The molecule has 2 heterocycles. The summed E-state index contributed by atoms with van der Waals surface area (Å²) in [5.74, 6) is -0.430. The van der Waals surface area contributed by atoms with Gasteiger partial charge in [0.05, 0.1) is 5.92 Å². The summed E-state index contributed by atoms with van der Waals surface area (Å²) < 4.78 is 5.44. The van der Waals surface area contributed by atoms with Crippen molar-refractivity contribution < 1.29 is 19.2 Å². The predicted octanol–water partition coefficient (Wildman–Crippen LogP) is 1.48. The normalized spacial score (nSPS) is 26.8. The van der Waals surface area contributed by atoms with E-state index < -0.39 is 0 Å². The summed E-state index contributed by atoms with van der Waals surface area (Å²) in [5.41, 5.74) is 4.93. The minimum Gasteiger partial charge on any atom is -0.350 e. The van der Waals surface area contributed by atoms with Gasteiger partial charge in [-0.05, 0) is 36.8 Å². The smallest absolute Gasteiger partial charge is 0.317 e. The fraction of sp³-hybridized carbons (Fsp3) is 0.647. The largest absolute Gasteiger partial charge is 0.350 e. The molecule has 0 saturated carbocycles. The molecule has 0 bridgehead atoms. The Bertz CT molecular complexity index is 552. The van der Waals surface area contributed by atoms with Crippen LogP contribution in [0.5, 0.6) is 0 Å². The number of hydrogen-bond acceptors (Lipinski definition) is 4. The number of allylic oxidation sites excluding steroid dienone is 1. The summed E-state index contributed by atoms with van der Waals surface area (Å²) in [6.45, 7) is 1.97. The minimum absolute atomic E-state index is 0.0742. The lowest BCUT2D eigenvalue weighted by Gasteiger charge is -2.33. The van der Waals surface area contributed by atoms with Gasteiger partial charge in [-0.25, -0.2) is 15.1 Å². The summed E-state index contributed by atoms with van der Waals surface area (Å²) in [4.78, 5) is 31.3. The molecule has 0 aromatic heterocycles. The molecule has 0 aromatic carbocycles. The van der Waals surface area contributed by atoms with E-state index in [4.69, 9.17) is 9.57 Å². The Balaban J connectivity index is 1.52. The highest BCUT2D eigenvalue weighted by Gasteiger charge is 2.28. The molecule has 2 atom stereocenters. The molecule has 0 spiro atoms. The van der Waals surface area contributed by atoms with Crippen molar-refractivity contribution in [3.05, 3.63) is 23.3 Å². The first-order valence-electron chi connectivity index (χ1n) is 8.60. The molecule has 1 aliphatic carbocycles. The van der Waals surface area contributed by atoms with Crippen LogP contribution in [0.2, 0.25) is 0 Å². The van der Waals surface area contributed by atoms with Crippen LogP contribution in [0.4, 0.5) is 4.79 Å². The Morgan fingerprint density at radius 2 is 2.25 bits per heavy atom. The van der Waals surface area contributed by atoms with Gasteiger partial charge >= 0.3 is 6.03 Å². The maximum atomic E-state index is 12.3. The van der Waals surface area contributed by atoms with Gasteiger partial charge in [0, 0.05) is 33.2 Å². The Kier molecular flexibility index (Phi) is 5.52. The third-order valence-corrected chi connectivity index (χ3v) is 4.75. The highest BCUT2D eigenvalue weighted by Crippen LogP contribution is 2.30. The predicted molar refractivity (Wildman–Crippen MR) is 87.7 cm³/mol. The van der Waals surface area contributed by atoms with Crippen LogP contribution in [-0.2, 0) is 14.4 Å². The van der Waals surface area contributed by atoms with Gasteiger partial charge in [0.15, 0.2) is 6.29 Å². The molecule has 2 unspecified atom stereocenters. The van der Waals surface area contributed by atoms with E-state index >= 15 is 0 Å². The third kappa shape index (κ3) is 3.96. The maximum Gasteiger partial charge on any atom is 0.317 e. The molecule has 3 aliphatic rings. The Morgan fingerprint density at radius 1 is 1.38 bits per heavy atom. The highest BCUT2D eigenvalue weighted by molar-refractivity contribution is 5.80. The standard InChI is InChI=1S/C17H25N3O4/c1-18-17(22)20-8-7-12-5-6-13(10-14(12)11-20)16(21)19-24-15-4-2-3-9-23-15/h5-6,13,15H,2-4,7-11H2,1H3,(H,18,22)(H,19,21). The Labute approximate surface area is 142 Å². The summed E-state index contributed by atoms with van der Waals surface area (Å²) >= 11 is 0. The number of hydroxylamine groups is 1. The third-order valence-electron chi connectivity index (χ3n) is 4.75. The summed E-state index contributed by atoms with van der Waals surface area (Å²) in [6, 6.07) is -0.0742. The van der Waals surface area contributed by atoms with Crippen LogP contribution >= 0.6 is 0 Å². The van der Waals surface area contributed by atoms with Crippen LogP contribution in [0.1, 0.15) is 32.1 Å². The van der Waals surface area contributed by atoms with Crippen LogP contribution in [0, 0.1) is 5.92 Å². The molecule has 0 radical (unpaired) electrons. The van der Waals surface area contributed by atoms with E-state index in [9.17, 15) is 9.59 Å². The number of hydrogen-bond donors (Lipinski definition) is 2. The van der Waals surface area contributed by atoms with Crippen molar-refractivity contribution in [1.29, 1.82) is 0 Å². The molecule has 24 heavy (non-hydrogen) atoms.